The number of hydrogen-bond acceptors (Lipinski definition) is 7. The van der Waals surface area contributed by atoms with Crippen LogP contribution in [0, 0.1) is 0 Å². The average Bonchev–Trinajstić information content (AvgIpc) is 2.98. The molecule has 0 spiro atoms. The molecule has 2 aromatic carbocycles. The van der Waals surface area contributed by atoms with Gasteiger partial charge in [-0.2, -0.15) is 0 Å². The number of carboxylic acid groups (broad SMARTS) is 1. The van der Waals surface area contributed by atoms with Crippen molar-refractivity contribution in [3.8, 4) is 0 Å². The number of aromatic carboxylic acids is 1. The zero-order valence-electron chi connectivity index (χ0n) is 25.9. The number of allylic oxidation sites excluding steroid dienone is 2. The lowest BCUT2D eigenvalue weighted by molar-refractivity contribution is 0.0599. The lowest BCUT2D eigenvalue weighted by atomic mass is 9.99. The summed E-state index contributed by atoms with van der Waals surface area (Å²) in [4.78, 5) is 74.7. The largest absolute Gasteiger partial charge is 0.478 e. The van der Waals surface area contributed by atoms with Gasteiger partial charge in [0.05, 0.1) is 18.2 Å². The Hall–Kier alpha value is -4.86. The number of carboxylic acids is 1. The van der Waals surface area contributed by atoms with Crippen molar-refractivity contribution >= 4 is 35.3 Å². The Bertz CT molecular complexity index is 1440. The van der Waals surface area contributed by atoms with Gasteiger partial charge in [0.15, 0.2) is 11.6 Å². The van der Waals surface area contributed by atoms with Crippen LogP contribution in [-0.2, 0) is 4.74 Å². The first-order chi connectivity index (χ1) is 20.1. The Morgan fingerprint density at radius 1 is 0.651 bits per heavy atom. The standard InChI is InChI=1S/C17H21NO4.C16H19NO4/c1-6-7-18(4)16(20)13-8-12(15(19)11(2)3)9-14(10-13)17(21)22-5;1-5-6-17(4)15(19)12-7-11(14(18)10(2)3)8-13(9-12)16(20)21/h8-10H,2,6-7H2,1,3-5H3;7-9H,2,5-6H2,1,3-4H3,(H,20,21). The van der Waals surface area contributed by atoms with E-state index in [0.29, 0.717) is 18.7 Å². The Morgan fingerprint density at radius 2 is 0.977 bits per heavy atom. The van der Waals surface area contributed by atoms with Gasteiger partial charge in [0.25, 0.3) is 11.8 Å². The van der Waals surface area contributed by atoms with Crippen molar-refractivity contribution in [2.45, 2.75) is 40.5 Å². The molecule has 230 valence electrons. The molecule has 2 aromatic rings. The number of ether oxygens (including phenoxy) is 1. The molecule has 43 heavy (non-hydrogen) atoms. The lowest BCUT2D eigenvalue weighted by Gasteiger charge is -2.17. The number of methoxy groups -OCH3 is 1. The van der Waals surface area contributed by atoms with Gasteiger partial charge in [-0.1, -0.05) is 27.0 Å². The van der Waals surface area contributed by atoms with E-state index in [-0.39, 0.29) is 62.3 Å². The van der Waals surface area contributed by atoms with E-state index in [4.69, 9.17) is 5.11 Å². The molecule has 0 heterocycles. The summed E-state index contributed by atoms with van der Waals surface area (Å²) in [5, 5.41) is 9.12. The molecular formula is C33H40N2O8. The molecule has 0 aliphatic rings. The van der Waals surface area contributed by atoms with E-state index in [9.17, 15) is 28.8 Å². The maximum absolute atomic E-state index is 12.4. The van der Waals surface area contributed by atoms with Crippen molar-refractivity contribution in [1.82, 2.24) is 9.80 Å². The van der Waals surface area contributed by atoms with Crippen molar-refractivity contribution < 1.29 is 38.6 Å². The molecule has 2 amide bonds. The zero-order valence-corrected chi connectivity index (χ0v) is 25.9. The summed E-state index contributed by atoms with van der Waals surface area (Å²) >= 11 is 0. The minimum absolute atomic E-state index is 0.0876. The number of carbonyl (C=O) groups is 6. The van der Waals surface area contributed by atoms with Gasteiger partial charge in [-0.25, -0.2) is 9.59 Å². The topological polar surface area (TPSA) is 138 Å². The molecule has 10 heteroatoms. The number of benzene rings is 2. The van der Waals surface area contributed by atoms with Crippen molar-refractivity contribution in [3.63, 3.8) is 0 Å². The third kappa shape index (κ3) is 10.2. The summed E-state index contributed by atoms with van der Waals surface area (Å²) in [7, 11) is 4.57. The molecule has 10 nitrogen and oxygen atoms in total. The molecule has 2 rings (SSSR count). The molecule has 0 aliphatic heterocycles. The van der Waals surface area contributed by atoms with Gasteiger partial charge < -0.3 is 19.6 Å². The lowest BCUT2D eigenvalue weighted by Crippen LogP contribution is -2.28. The smallest absolute Gasteiger partial charge is 0.337 e. The van der Waals surface area contributed by atoms with Gasteiger partial charge in [0.1, 0.15) is 0 Å². The number of ketones is 2. The summed E-state index contributed by atoms with van der Waals surface area (Å²) in [5.41, 5.74) is 1.59. The molecule has 0 aromatic heterocycles. The number of nitrogens with zero attached hydrogens (tertiary/aromatic N) is 2. The quantitative estimate of drug-likeness (QED) is 0.198. The summed E-state index contributed by atoms with van der Waals surface area (Å²) in [6.45, 7) is 15.3. The van der Waals surface area contributed by atoms with Gasteiger partial charge >= 0.3 is 11.9 Å². The molecule has 0 saturated heterocycles. The first-order valence-corrected chi connectivity index (χ1v) is 13.6. The van der Waals surface area contributed by atoms with Gasteiger partial charge in [0.2, 0.25) is 0 Å². The number of amides is 2. The maximum Gasteiger partial charge on any atom is 0.337 e. The van der Waals surface area contributed by atoms with Crippen LogP contribution < -0.4 is 0 Å². The third-order valence-corrected chi connectivity index (χ3v) is 6.14. The number of esters is 1. The van der Waals surface area contributed by atoms with E-state index >= 15 is 0 Å². The average molecular weight is 593 g/mol. The summed E-state index contributed by atoms with van der Waals surface area (Å²) < 4.78 is 4.68. The highest BCUT2D eigenvalue weighted by atomic mass is 16.5. The fourth-order valence-electron chi connectivity index (χ4n) is 3.93. The van der Waals surface area contributed by atoms with Gasteiger partial charge in [-0.15, -0.1) is 0 Å². The van der Waals surface area contributed by atoms with Crippen molar-refractivity contribution in [1.29, 1.82) is 0 Å². The fourth-order valence-corrected chi connectivity index (χ4v) is 3.93. The van der Waals surface area contributed by atoms with E-state index in [0.717, 1.165) is 12.8 Å². The normalized spacial score (nSPS) is 10.0. The summed E-state index contributed by atoms with van der Waals surface area (Å²) in [5.74, 6) is -3.01. The van der Waals surface area contributed by atoms with Crippen LogP contribution in [0.25, 0.3) is 0 Å². The SMILES string of the molecule is C=C(C)C(=O)c1cc(C(=O)O)cc(C(=O)N(C)CCC)c1.C=C(C)C(=O)c1cc(C(=O)OC)cc(C(=O)N(C)CCC)c1. The van der Waals surface area contributed by atoms with Crippen LogP contribution in [-0.4, -0.2) is 84.5 Å². The van der Waals surface area contributed by atoms with E-state index in [1.807, 2.05) is 13.8 Å². The molecule has 0 aliphatic carbocycles. The van der Waals surface area contributed by atoms with Gasteiger partial charge in [-0.05, 0) is 74.2 Å². The number of carbonyl (C=O) groups excluding carboxylic acids is 5. The summed E-state index contributed by atoms with van der Waals surface area (Å²) in [6.07, 6.45) is 1.61. The molecule has 0 saturated carbocycles. The Morgan fingerprint density at radius 3 is 1.30 bits per heavy atom. The minimum Gasteiger partial charge on any atom is -0.478 e. The third-order valence-electron chi connectivity index (χ3n) is 6.14. The highest BCUT2D eigenvalue weighted by Crippen LogP contribution is 2.17. The van der Waals surface area contributed by atoms with Crippen LogP contribution in [0.15, 0.2) is 60.7 Å². The fraction of sp³-hybridized carbons (Fsp3) is 0.333. The highest BCUT2D eigenvalue weighted by Gasteiger charge is 2.20. The van der Waals surface area contributed by atoms with Crippen LogP contribution in [0.3, 0.4) is 0 Å². The minimum atomic E-state index is -1.18. The van der Waals surface area contributed by atoms with Crippen LogP contribution >= 0.6 is 0 Å². The first kappa shape index (κ1) is 36.2. The number of rotatable bonds is 12. The Kier molecular flexibility index (Phi) is 13.9. The predicted molar refractivity (Wildman–Crippen MR) is 164 cm³/mol. The monoisotopic (exact) mass is 592 g/mol. The maximum atomic E-state index is 12.4. The molecule has 0 radical (unpaired) electrons. The number of Topliss-reactive ketones (excluding diaryl/α,β-unsaturated/α-hetero) is 2. The van der Waals surface area contributed by atoms with Gasteiger partial charge in [-0.3, -0.25) is 19.2 Å². The molecule has 0 fully saturated rings. The predicted octanol–water partition coefficient (Wildman–Crippen LogP) is 5.34. The Balaban J connectivity index is 0.000000430. The van der Waals surface area contributed by atoms with Crippen LogP contribution in [0.2, 0.25) is 0 Å². The molecule has 1 N–H and O–H groups in total. The second kappa shape index (κ2) is 16.5. The summed E-state index contributed by atoms with van der Waals surface area (Å²) in [6, 6.07) is 8.30. The van der Waals surface area contributed by atoms with Crippen LogP contribution in [0.5, 0.6) is 0 Å². The zero-order chi connectivity index (χ0) is 33.0. The second-order valence-corrected chi connectivity index (χ2v) is 10.1. The van der Waals surface area contributed by atoms with E-state index in [1.165, 1.54) is 48.4 Å². The van der Waals surface area contributed by atoms with E-state index < -0.39 is 11.9 Å². The number of hydrogen-bond donors (Lipinski definition) is 1. The molecule has 0 unspecified atom stereocenters. The van der Waals surface area contributed by atoms with E-state index in [2.05, 4.69) is 17.9 Å². The van der Waals surface area contributed by atoms with Crippen LogP contribution in [0.1, 0.15) is 103 Å². The second-order valence-electron chi connectivity index (χ2n) is 10.1. The van der Waals surface area contributed by atoms with Gasteiger partial charge in [0, 0.05) is 49.4 Å². The van der Waals surface area contributed by atoms with Crippen LogP contribution in [0.4, 0.5) is 0 Å². The van der Waals surface area contributed by atoms with Crippen molar-refractivity contribution in [2.75, 3.05) is 34.3 Å². The Labute approximate surface area is 252 Å². The highest BCUT2D eigenvalue weighted by molar-refractivity contribution is 6.11. The van der Waals surface area contributed by atoms with E-state index in [1.54, 1.807) is 32.8 Å². The van der Waals surface area contributed by atoms with Crippen molar-refractivity contribution in [3.05, 3.63) is 94.1 Å². The molecule has 0 bridgehead atoms. The molecular weight excluding hydrogens is 552 g/mol. The van der Waals surface area contributed by atoms with Crippen molar-refractivity contribution in [2.24, 2.45) is 0 Å². The first-order valence-electron chi connectivity index (χ1n) is 13.6. The molecule has 0 atom stereocenters.